The van der Waals surface area contributed by atoms with Crippen molar-refractivity contribution in [2.45, 2.75) is 36.7 Å². The monoisotopic (exact) mass is 362 g/mol. The third-order valence-electron chi connectivity index (χ3n) is 3.67. The molecule has 0 aromatic heterocycles. The first-order valence-electron chi connectivity index (χ1n) is 6.63. The van der Waals surface area contributed by atoms with Gasteiger partial charge in [0.05, 0.1) is 11.8 Å². The van der Waals surface area contributed by atoms with Crippen molar-refractivity contribution in [3.05, 3.63) is 22.7 Å². The zero-order valence-corrected chi connectivity index (χ0v) is 13.5. The van der Waals surface area contributed by atoms with Crippen LogP contribution < -0.4 is 10.5 Å². The van der Waals surface area contributed by atoms with Crippen molar-refractivity contribution in [1.82, 2.24) is 4.72 Å². The summed E-state index contributed by atoms with van der Waals surface area (Å²) in [5.41, 5.74) is 5.95. The summed E-state index contributed by atoms with van der Waals surface area (Å²) >= 11 is 3.24. The highest BCUT2D eigenvalue weighted by atomic mass is 79.9. The highest BCUT2D eigenvalue weighted by Gasteiger charge is 2.25. The largest absolute Gasteiger partial charge is 0.398 e. The summed E-state index contributed by atoms with van der Waals surface area (Å²) in [7, 11) is -3.64. The van der Waals surface area contributed by atoms with E-state index in [1.807, 2.05) is 0 Å². The molecule has 5 nitrogen and oxygen atoms in total. The number of hydrogen-bond donors (Lipinski definition) is 3. The molecule has 7 heteroatoms. The molecule has 20 heavy (non-hydrogen) atoms. The molecule has 1 aliphatic carbocycles. The third kappa shape index (κ3) is 3.72. The van der Waals surface area contributed by atoms with Gasteiger partial charge in [0.2, 0.25) is 10.0 Å². The smallest absolute Gasteiger partial charge is 0.242 e. The van der Waals surface area contributed by atoms with E-state index >= 15 is 0 Å². The number of halogens is 1. The Labute approximate surface area is 127 Å². The molecule has 1 saturated carbocycles. The number of nitrogens with two attached hydrogens (primary N) is 1. The summed E-state index contributed by atoms with van der Waals surface area (Å²) in [6.45, 7) is 0.249. The van der Waals surface area contributed by atoms with Gasteiger partial charge in [0, 0.05) is 11.0 Å². The lowest BCUT2D eigenvalue weighted by molar-refractivity contribution is 0.0724. The molecule has 4 N–H and O–H groups in total. The second kappa shape index (κ2) is 6.43. The molecule has 2 unspecified atom stereocenters. The van der Waals surface area contributed by atoms with Crippen LogP contribution in [0.25, 0.3) is 0 Å². The first-order chi connectivity index (χ1) is 9.40. The van der Waals surface area contributed by atoms with Crippen molar-refractivity contribution in [2.24, 2.45) is 5.92 Å². The van der Waals surface area contributed by atoms with Gasteiger partial charge in [-0.25, -0.2) is 13.1 Å². The van der Waals surface area contributed by atoms with E-state index in [1.54, 1.807) is 12.1 Å². The van der Waals surface area contributed by atoms with Crippen molar-refractivity contribution in [2.75, 3.05) is 12.3 Å². The van der Waals surface area contributed by atoms with E-state index in [9.17, 15) is 13.5 Å². The van der Waals surface area contributed by atoms with Crippen LogP contribution in [-0.4, -0.2) is 26.2 Å². The summed E-state index contributed by atoms with van der Waals surface area (Å²) < 4.78 is 27.7. The third-order valence-corrected chi connectivity index (χ3v) is 5.66. The number of aliphatic hydroxyl groups is 1. The van der Waals surface area contributed by atoms with Gasteiger partial charge in [0.1, 0.15) is 4.90 Å². The van der Waals surface area contributed by atoms with E-state index < -0.39 is 16.1 Å². The van der Waals surface area contributed by atoms with Crippen molar-refractivity contribution in [3.8, 4) is 0 Å². The Kier molecular flexibility index (Phi) is 5.06. The Morgan fingerprint density at radius 2 is 2.05 bits per heavy atom. The van der Waals surface area contributed by atoms with Crippen molar-refractivity contribution in [3.63, 3.8) is 0 Å². The molecule has 0 saturated heterocycles. The molecule has 1 fully saturated rings. The lowest BCUT2D eigenvalue weighted by atomic mass is 9.87. The van der Waals surface area contributed by atoms with Crippen LogP contribution in [0.4, 0.5) is 5.69 Å². The zero-order valence-electron chi connectivity index (χ0n) is 11.0. The fourth-order valence-electron chi connectivity index (χ4n) is 2.48. The maximum Gasteiger partial charge on any atom is 0.242 e. The van der Waals surface area contributed by atoms with E-state index in [-0.39, 0.29) is 23.0 Å². The van der Waals surface area contributed by atoms with Crippen LogP contribution in [0.15, 0.2) is 27.6 Å². The number of hydrogen-bond acceptors (Lipinski definition) is 4. The second-order valence-corrected chi connectivity index (χ2v) is 7.80. The van der Waals surface area contributed by atoms with Gasteiger partial charge in [-0.15, -0.1) is 0 Å². The van der Waals surface area contributed by atoms with Crippen LogP contribution in [0.5, 0.6) is 0 Å². The van der Waals surface area contributed by atoms with Gasteiger partial charge in [-0.2, -0.15) is 0 Å². The topological polar surface area (TPSA) is 92.4 Å². The number of nitrogens with one attached hydrogen (secondary N) is 1. The van der Waals surface area contributed by atoms with Gasteiger partial charge >= 0.3 is 0 Å². The maximum absolute atomic E-state index is 12.2. The average molecular weight is 363 g/mol. The number of nitrogen functional groups attached to an aromatic ring is 1. The van der Waals surface area contributed by atoms with Crippen LogP contribution in [0, 0.1) is 5.92 Å². The molecular formula is C13H19BrN2O3S. The van der Waals surface area contributed by atoms with Crippen LogP contribution in [0.2, 0.25) is 0 Å². The van der Waals surface area contributed by atoms with Crippen molar-refractivity contribution in [1.29, 1.82) is 0 Å². The Bertz CT molecular complexity index is 577. The molecule has 1 aliphatic rings. The molecule has 112 valence electrons. The minimum Gasteiger partial charge on any atom is -0.398 e. The van der Waals surface area contributed by atoms with Gasteiger partial charge in [-0.05, 0) is 37.0 Å². The average Bonchev–Trinajstić information content (AvgIpc) is 2.37. The van der Waals surface area contributed by atoms with Gasteiger partial charge in [0.15, 0.2) is 0 Å². The number of benzene rings is 1. The molecule has 1 aromatic rings. The molecule has 2 atom stereocenters. The first-order valence-corrected chi connectivity index (χ1v) is 8.90. The number of rotatable bonds is 4. The fourth-order valence-corrected chi connectivity index (χ4v) is 4.07. The van der Waals surface area contributed by atoms with Crippen LogP contribution in [0.3, 0.4) is 0 Å². The minimum absolute atomic E-state index is 0.0183. The highest BCUT2D eigenvalue weighted by Crippen LogP contribution is 2.25. The number of aliphatic hydroxyl groups excluding tert-OH is 1. The van der Waals surface area contributed by atoms with E-state index in [0.29, 0.717) is 0 Å². The Balaban J connectivity index is 2.07. The Morgan fingerprint density at radius 3 is 2.70 bits per heavy atom. The van der Waals surface area contributed by atoms with E-state index in [4.69, 9.17) is 5.73 Å². The number of sulfonamides is 1. The lowest BCUT2D eigenvalue weighted by Gasteiger charge is -2.27. The minimum atomic E-state index is -3.64. The molecule has 0 amide bonds. The molecule has 2 rings (SSSR count). The molecule has 0 radical (unpaired) electrons. The van der Waals surface area contributed by atoms with E-state index in [0.717, 1.165) is 30.2 Å². The summed E-state index contributed by atoms with van der Waals surface area (Å²) in [6, 6.07) is 4.67. The summed E-state index contributed by atoms with van der Waals surface area (Å²) in [5.74, 6) is -0.0183. The van der Waals surface area contributed by atoms with Crippen LogP contribution in [0.1, 0.15) is 25.7 Å². The van der Waals surface area contributed by atoms with Crippen LogP contribution >= 0.6 is 15.9 Å². The second-order valence-electron chi connectivity index (χ2n) is 5.15. The van der Waals surface area contributed by atoms with E-state index in [2.05, 4.69) is 20.7 Å². The van der Waals surface area contributed by atoms with E-state index in [1.165, 1.54) is 6.07 Å². The lowest BCUT2D eigenvalue weighted by Crippen LogP contribution is -2.36. The molecule has 1 aromatic carbocycles. The van der Waals surface area contributed by atoms with Gasteiger partial charge in [-0.1, -0.05) is 28.8 Å². The molecule has 0 aliphatic heterocycles. The van der Waals surface area contributed by atoms with Gasteiger partial charge < -0.3 is 10.8 Å². The maximum atomic E-state index is 12.2. The fraction of sp³-hybridized carbons (Fsp3) is 0.538. The summed E-state index contributed by atoms with van der Waals surface area (Å²) in [4.78, 5) is 0.0750. The SMILES string of the molecule is Nc1cc(Br)ccc1S(=O)(=O)NCC1CCCCC1O. The van der Waals surface area contributed by atoms with Crippen molar-refractivity contribution < 1.29 is 13.5 Å². The summed E-state index contributed by atoms with van der Waals surface area (Å²) in [6.07, 6.45) is 3.20. The Hall–Kier alpha value is -0.630. The predicted octanol–water partition coefficient (Wildman–Crippen LogP) is 1.86. The highest BCUT2D eigenvalue weighted by molar-refractivity contribution is 9.10. The quantitative estimate of drug-likeness (QED) is 0.712. The number of anilines is 1. The molecular weight excluding hydrogens is 344 g/mol. The van der Waals surface area contributed by atoms with Gasteiger partial charge in [0.25, 0.3) is 0 Å². The zero-order chi connectivity index (χ0) is 14.8. The standard InChI is InChI=1S/C13H19BrN2O3S/c14-10-5-6-13(11(15)7-10)20(18,19)16-8-9-3-1-2-4-12(9)17/h5-7,9,12,16-17H,1-4,8,15H2. The van der Waals surface area contributed by atoms with Crippen LogP contribution in [-0.2, 0) is 10.0 Å². The van der Waals surface area contributed by atoms with Gasteiger partial charge in [-0.3, -0.25) is 0 Å². The molecule has 0 bridgehead atoms. The molecule has 0 spiro atoms. The first kappa shape index (κ1) is 15.8. The van der Waals surface area contributed by atoms with Crippen molar-refractivity contribution >= 4 is 31.6 Å². The normalized spacial score (nSPS) is 23.7. The Morgan fingerprint density at radius 1 is 1.35 bits per heavy atom. The predicted molar refractivity (Wildman–Crippen MR) is 81.7 cm³/mol. The summed E-state index contributed by atoms with van der Waals surface area (Å²) in [5, 5.41) is 9.86. The molecule has 0 heterocycles.